The van der Waals surface area contributed by atoms with Gasteiger partial charge in [-0.25, -0.2) is 8.42 Å². The van der Waals surface area contributed by atoms with Crippen molar-refractivity contribution in [3.05, 3.63) is 88.4 Å². The molecule has 0 heterocycles. The number of rotatable bonds is 14. The minimum absolute atomic E-state index is 0.0409. The third kappa shape index (κ3) is 8.58. The van der Waals surface area contributed by atoms with Crippen LogP contribution in [0.5, 0.6) is 5.75 Å². The molecule has 226 valence electrons. The smallest absolute Gasteiger partial charge is 0.264 e. The first-order chi connectivity index (χ1) is 20.0. The standard InChI is InChI=1S/C32H40BrN3O5S/c1-6-24(5)34-32(38)30(7-2)35(21-25-11-9-10-23(4)20-25)31(37)22-36(27-14-16-28(17-15-27)41-8-3)42(39,40)29-18-12-26(33)13-19-29/h9-20,24,30H,6-8,21-22H2,1-5H3,(H,34,38). The lowest BCUT2D eigenvalue weighted by molar-refractivity contribution is -0.140. The van der Waals surface area contributed by atoms with Gasteiger partial charge < -0.3 is 15.0 Å². The van der Waals surface area contributed by atoms with Crippen LogP contribution in [-0.4, -0.2) is 50.4 Å². The van der Waals surface area contributed by atoms with E-state index in [1.807, 2.05) is 58.9 Å². The van der Waals surface area contributed by atoms with Gasteiger partial charge in [-0.1, -0.05) is 59.6 Å². The first-order valence-electron chi connectivity index (χ1n) is 14.2. The lowest BCUT2D eigenvalue weighted by Crippen LogP contribution is -2.53. The molecule has 0 saturated heterocycles. The first kappa shape index (κ1) is 33.1. The second-order valence-electron chi connectivity index (χ2n) is 10.1. The van der Waals surface area contributed by atoms with Gasteiger partial charge >= 0.3 is 0 Å². The number of amides is 2. The monoisotopic (exact) mass is 657 g/mol. The topological polar surface area (TPSA) is 96.0 Å². The lowest BCUT2D eigenvalue weighted by Gasteiger charge is -2.33. The molecule has 42 heavy (non-hydrogen) atoms. The molecule has 3 aromatic carbocycles. The average Bonchev–Trinajstić information content (AvgIpc) is 2.96. The van der Waals surface area contributed by atoms with E-state index in [-0.39, 0.29) is 23.4 Å². The predicted octanol–water partition coefficient (Wildman–Crippen LogP) is 6.07. The molecule has 8 nitrogen and oxygen atoms in total. The van der Waals surface area contributed by atoms with E-state index in [1.54, 1.807) is 36.4 Å². The Balaban J connectivity index is 2.06. The Morgan fingerprint density at radius 2 is 1.62 bits per heavy atom. The summed E-state index contributed by atoms with van der Waals surface area (Å²) in [6.45, 7) is 9.68. The number of hydrogen-bond donors (Lipinski definition) is 1. The fourth-order valence-corrected chi connectivity index (χ4v) is 6.18. The van der Waals surface area contributed by atoms with E-state index in [4.69, 9.17) is 4.74 Å². The van der Waals surface area contributed by atoms with Crippen molar-refractivity contribution in [3.63, 3.8) is 0 Å². The Kier molecular flexibility index (Phi) is 12.0. The van der Waals surface area contributed by atoms with Crippen molar-refractivity contribution in [1.82, 2.24) is 10.2 Å². The Labute approximate surface area is 258 Å². The molecule has 0 radical (unpaired) electrons. The number of hydrogen-bond acceptors (Lipinski definition) is 5. The number of anilines is 1. The molecular formula is C32H40BrN3O5S. The SMILES string of the molecule is CCOc1ccc(N(CC(=O)N(Cc2cccc(C)c2)C(CC)C(=O)NC(C)CC)S(=O)(=O)c2ccc(Br)cc2)cc1. The molecule has 3 rings (SSSR count). The number of nitrogens with zero attached hydrogens (tertiary/aromatic N) is 2. The van der Waals surface area contributed by atoms with E-state index < -0.39 is 28.5 Å². The third-order valence-corrected chi connectivity index (χ3v) is 9.26. The van der Waals surface area contributed by atoms with E-state index in [9.17, 15) is 18.0 Å². The molecule has 0 aliphatic heterocycles. The van der Waals surface area contributed by atoms with Crippen molar-refractivity contribution >= 4 is 43.5 Å². The molecule has 3 aromatic rings. The maximum absolute atomic E-state index is 14.2. The number of benzene rings is 3. The van der Waals surface area contributed by atoms with Crippen LogP contribution in [0.1, 0.15) is 51.7 Å². The fraction of sp³-hybridized carbons (Fsp3) is 0.375. The number of halogens is 1. The fourth-order valence-electron chi connectivity index (χ4n) is 4.51. The largest absolute Gasteiger partial charge is 0.494 e. The maximum Gasteiger partial charge on any atom is 0.264 e. The second-order valence-corrected chi connectivity index (χ2v) is 12.9. The zero-order valence-corrected chi connectivity index (χ0v) is 27.2. The number of aryl methyl sites for hydroxylation is 1. The quantitative estimate of drug-likeness (QED) is 0.227. The Morgan fingerprint density at radius 3 is 2.19 bits per heavy atom. The van der Waals surface area contributed by atoms with Gasteiger partial charge in [-0.3, -0.25) is 13.9 Å². The lowest BCUT2D eigenvalue weighted by atomic mass is 10.1. The summed E-state index contributed by atoms with van der Waals surface area (Å²) in [5, 5.41) is 2.99. The minimum atomic E-state index is -4.16. The first-order valence-corrected chi connectivity index (χ1v) is 16.4. The van der Waals surface area contributed by atoms with E-state index in [0.717, 1.165) is 26.3 Å². The molecule has 0 saturated carbocycles. The summed E-state index contributed by atoms with van der Waals surface area (Å²) >= 11 is 3.35. The molecule has 10 heteroatoms. The molecule has 1 N–H and O–H groups in total. The van der Waals surface area contributed by atoms with Crippen molar-refractivity contribution in [2.75, 3.05) is 17.5 Å². The van der Waals surface area contributed by atoms with Gasteiger partial charge in [-0.05, 0) is 87.7 Å². The normalized spacial score (nSPS) is 12.7. The van der Waals surface area contributed by atoms with Crippen LogP contribution in [0.2, 0.25) is 0 Å². The Bertz CT molecular complexity index is 1450. The van der Waals surface area contributed by atoms with Gasteiger partial charge in [0.05, 0.1) is 17.2 Å². The van der Waals surface area contributed by atoms with Crippen molar-refractivity contribution < 1.29 is 22.7 Å². The number of sulfonamides is 1. The van der Waals surface area contributed by atoms with Crippen LogP contribution in [0.25, 0.3) is 0 Å². The van der Waals surface area contributed by atoms with Crippen LogP contribution >= 0.6 is 15.9 Å². The molecule has 2 atom stereocenters. The van der Waals surface area contributed by atoms with Crippen molar-refractivity contribution in [2.24, 2.45) is 0 Å². The summed E-state index contributed by atoms with van der Waals surface area (Å²) < 4.78 is 35.4. The number of carbonyl (C=O) groups excluding carboxylic acids is 2. The van der Waals surface area contributed by atoms with Crippen LogP contribution in [0, 0.1) is 6.92 Å². The number of carbonyl (C=O) groups is 2. The highest BCUT2D eigenvalue weighted by Crippen LogP contribution is 2.27. The molecule has 0 aliphatic carbocycles. The highest BCUT2D eigenvalue weighted by Gasteiger charge is 2.34. The molecule has 0 aromatic heterocycles. The van der Waals surface area contributed by atoms with Gasteiger partial charge in [0.25, 0.3) is 10.0 Å². The summed E-state index contributed by atoms with van der Waals surface area (Å²) in [7, 11) is -4.16. The van der Waals surface area contributed by atoms with Crippen LogP contribution in [0.15, 0.2) is 82.2 Å². The van der Waals surface area contributed by atoms with Crippen LogP contribution in [0.4, 0.5) is 5.69 Å². The molecule has 0 fully saturated rings. The van der Waals surface area contributed by atoms with Gasteiger partial charge in [-0.2, -0.15) is 0 Å². The van der Waals surface area contributed by atoms with Crippen LogP contribution < -0.4 is 14.4 Å². The summed E-state index contributed by atoms with van der Waals surface area (Å²) in [4.78, 5) is 29.1. The molecule has 0 spiro atoms. The summed E-state index contributed by atoms with van der Waals surface area (Å²) in [5.74, 6) is -0.170. The van der Waals surface area contributed by atoms with E-state index in [0.29, 0.717) is 24.5 Å². The molecule has 2 unspecified atom stereocenters. The van der Waals surface area contributed by atoms with Gasteiger partial charge in [0, 0.05) is 17.1 Å². The van der Waals surface area contributed by atoms with Crippen molar-refractivity contribution in [2.45, 2.75) is 71.0 Å². The summed E-state index contributed by atoms with van der Waals surface area (Å²) in [5.41, 5.74) is 2.18. The summed E-state index contributed by atoms with van der Waals surface area (Å²) in [6.07, 6.45) is 1.10. The van der Waals surface area contributed by atoms with Gasteiger partial charge in [0.1, 0.15) is 18.3 Å². The van der Waals surface area contributed by atoms with Gasteiger partial charge in [0.15, 0.2) is 0 Å². The van der Waals surface area contributed by atoms with Crippen molar-refractivity contribution in [3.8, 4) is 5.75 Å². The highest BCUT2D eigenvalue weighted by molar-refractivity contribution is 9.10. The van der Waals surface area contributed by atoms with Crippen LogP contribution in [-0.2, 0) is 26.2 Å². The minimum Gasteiger partial charge on any atom is -0.494 e. The van der Waals surface area contributed by atoms with Crippen LogP contribution in [0.3, 0.4) is 0 Å². The number of nitrogens with one attached hydrogen (secondary N) is 1. The predicted molar refractivity (Wildman–Crippen MR) is 170 cm³/mol. The third-order valence-electron chi connectivity index (χ3n) is 6.94. The molecular weight excluding hydrogens is 618 g/mol. The second kappa shape index (κ2) is 15.2. The Hall–Kier alpha value is -3.37. The molecule has 0 bridgehead atoms. The number of ether oxygens (including phenoxy) is 1. The molecule has 2 amide bonds. The zero-order chi connectivity index (χ0) is 30.9. The summed E-state index contributed by atoms with van der Waals surface area (Å²) in [6, 6.07) is 19.7. The Morgan fingerprint density at radius 1 is 0.952 bits per heavy atom. The van der Waals surface area contributed by atoms with E-state index >= 15 is 0 Å². The van der Waals surface area contributed by atoms with E-state index in [2.05, 4.69) is 21.2 Å². The zero-order valence-electron chi connectivity index (χ0n) is 24.8. The molecule has 0 aliphatic rings. The van der Waals surface area contributed by atoms with E-state index in [1.165, 1.54) is 17.0 Å². The average molecular weight is 659 g/mol. The highest BCUT2D eigenvalue weighted by atomic mass is 79.9. The van der Waals surface area contributed by atoms with Gasteiger partial charge in [-0.15, -0.1) is 0 Å². The maximum atomic E-state index is 14.2. The van der Waals surface area contributed by atoms with Crippen molar-refractivity contribution in [1.29, 1.82) is 0 Å². The van der Waals surface area contributed by atoms with Gasteiger partial charge in [0.2, 0.25) is 11.8 Å².